The molecule has 0 fully saturated rings. The quantitative estimate of drug-likeness (QED) is 0.582. The van der Waals surface area contributed by atoms with Crippen molar-refractivity contribution in [3.63, 3.8) is 0 Å². The summed E-state index contributed by atoms with van der Waals surface area (Å²) in [5, 5.41) is 4.17. The van der Waals surface area contributed by atoms with E-state index in [2.05, 4.69) is 15.8 Å². The van der Waals surface area contributed by atoms with Crippen LogP contribution in [0.4, 0.5) is 0 Å². The van der Waals surface area contributed by atoms with Crippen molar-refractivity contribution in [3.05, 3.63) is 11.6 Å². The Morgan fingerprint density at radius 3 is 2.60 bits per heavy atom. The largest absolute Gasteiger partial charge is 0.356 e. The minimum Gasteiger partial charge on any atom is -0.356 e. The normalized spacial score (nSPS) is 10.3. The second-order valence-electron chi connectivity index (χ2n) is 2.28. The second kappa shape index (κ2) is 2.79. The van der Waals surface area contributed by atoms with Crippen LogP contribution in [0.25, 0.3) is 0 Å². The number of rotatable bonds is 2. The first-order valence-corrected chi connectivity index (χ1v) is 3.41. The molecule has 1 aromatic heterocycles. The van der Waals surface area contributed by atoms with Crippen molar-refractivity contribution < 1.29 is 5.73 Å². The number of hydrogen-bond donors (Lipinski definition) is 1. The lowest BCUT2D eigenvalue weighted by atomic mass is 10.6. The van der Waals surface area contributed by atoms with Gasteiger partial charge in [-0.15, -0.1) is 0 Å². The molecular formula is C6H13N4+. The van der Waals surface area contributed by atoms with Crippen molar-refractivity contribution in [2.24, 2.45) is 0 Å². The van der Waals surface area contributed by atoms with Gasteiger partial charge in [0, 0.05) is 0 Å². The molecule has 0 radical (unpaired) electrons. The average Bonchev–Trinajstić information content (AvgIpc) is 2.13. The fraction of sp³-hybridized carbons (Fsp3) is 0.667. The van der Waals surface area contributed by atoms with E-state index in [1.807, 2.05) is 18.5 Å². The van der Waals surface area contributed by atoms with Crippen LogP contribution in [0.15, 0.2) is 0 Å². The molecule has 0 atom stereocenters. The van der Waals surface area contributed by atoms with Crippen molar-refractivity contribution in [1.29, 1.82) is 0 Å². The summed E-state index contributed by atoms with van der Waals surface area (Å²) < 4.78 is 1.88. The van der Waals surface area contributed by atoms with Gasteiger partial charge in [0.2, 0.25) is 0 Å². The van der Waals surface area contributed by atoms with Gasteiger partial charge in [-0.25, -0.2) is 9.67 Å². The number of nitrogens with zero attached hydrogens (tertiary/aromatic N) is 3. The molecule has 0 aliphatic rings. The third-order valence-corrected chi connectivity index (χ3v) is 1.33. The van der Waals surface area contributed by atoms with Crippen LogP contribution in [0, 0.1) is 13.8 Å². The number of quaternary nitrogens is 1. The van der Waals surface area contributed by atoms with E-state index in [1.165, 1.54) is 0 Å². The van der Waals surface area contributed by atoms with Crippen LogP contribution in [0.5, 0.6) is 0 Å². The van der Waals surface area contributed by atoms with Gasteiger partial charge in [0.05, 0.1) is 13.1 Å². The molecule has 0 aromatic carbocycles. The Morgan fingerprint density at radius 2 is 2.20 bits per heavy atom. The topological polar surface area (TPSA) is 58.4 Å². The second-order valence-corrected chi connectivity index (χ2v) is 2.28. The predicted molar refractivity (Wildman–Crippen MR) is 37.3 cm³/mol. The fourth-order valence-corrected chi connectivity index (χ4v) is 0.923. The highest BCUT2D eigenvalue weighted by atomic mass is 15.3. The Bertz CT molecular complexity index is 216. The van der Waals surface area contributed by atoms with Crippen LogP contribution in [0.3, 0.4) is 0 Å². The van der Waals surface area contributed by atoms with Gasteiger partial charge in [0.1, 0.15) is 11.6 Å². The van der Waals surface area contributed by atoms with E-state index >= 15 is 0 Å². The van der Waals surface area contributed by atoms with E-state index in [0.717, 1.165) is 24.7 Å². The van der Waals surface area contributed by atoms with Crippen LogP contribution < -0.4 is 5.73 Å². The highest BCUT2D eigenvalue weighted by molar-refractivity contribution is 4.86. The summed E-state index contributed by atoms with van der Waals surface area (Å²) in [5.41, 5.74) is 3.74. The van der Waals surface area contributed by atoms with E-state index in [0.29, 0.717) is 0 Å². The molecule has 0 spiro atoms. The SMILES string of the molecule is Cc1nc(C)n(CC[NH3+])n1. The Labute approximate surface area is 60.1 Å². The van der Waals surface area contributed by atoms with Crippen molar-refractivity contribution in [3.8, 4) is 0 Å². The lowest BCUT2D eigenvalue weighted by Crippen LogP contribution is -2.52. The maximum atomic E-state index is 4.17. The molecule has 1 heterocycles. The molecule has 4 heteroatoms. The van der Waals surface area contributed by atoms with E-state index in [-0.39, 0.29) is 0 Å². The smallest absolute Gasteiger partial charge is 0.147 e. The van der Waals surface area contributed by atoms with Crippen molar-refractivity contribution >= 4 is 0 Å². The van der Waals surface area contributed by atoms with Crippen molar-refractivity contribution in [2.75, 3.05) is 6.54 Å². The van der Waals surface area contributed by atoms with Gasteiger partial charge in [0.25, 0.3) is 0 Å². The van der Waals surface area contributed by atoms with Crippen LogP contribution >= 0.6 is 0 Å². The van der Waals surface area contributed by atoms with Crippen molar-refractivity contribution in [2.45, 2.75) is 20.4 Å². The molecule has 0 amide bonds. The molecule has 0 saturated carbocycles. The number of aryl methyl sites for hydroxylation is 2. The van der Waals surface area contributed by atoms with E-state index < -0.39 is 0 Å². The fourth-order valence-electron chi connectivity index (χ4n) is 0.923. The molecule has 1 rings (SSSR count). The van der Waals surface area contributed by atoms with Gasteiger partial charge in [-0.05, 0) is 13.8 Å². The van der Waals surface area contributed by atoms with Gasteiger partial charge in [-0.3, -0.25) is 0 Å². The van der Waals surface area contributed by atoms with E-state index in [4.69, 9.17) is 0 Å². The first-order valence-electron chi connectivity index (χ1n) is 3.41. The Kier molecular flexibility index (Phi) is 2.01. The summed E-state index contributed by atoms with van der Waals surface area (Å²) in [4.78, 5) is 4.15. The van der Waals surface area contributed by atoms with Gasteiger partial charge >= 0.3 is 0 Å². The molecule has 0 saturated heterocycles. The van der Waals surface area contributed by atoms with Gasteiger partial charge in [-0.1, -0.05) is 0 Å². The molecular weight excluding hydrogens is 128 g/mol. The molecule has 4 nitrogen and oxygen atoms in total. The first-order chi connectivity index (χ1) is 4.74. The average molecular weight is 141 g/mol. The molecule has 0 bridgehead atoms. The summed E-state index contributed by atoms with van der Waals surface area (Å²) in [6.45, 7) is 5.58. The molecule has 0 aliphatic carbocycles. The summed E-state index contributed by atoms with van der Waals surface area (Å²) >= 11 is 0. The Balaban J connectivity index is 2.81. The summed E-state index contributed by atoms with van der Waals surface area (Å²) in [6.07, 6.45) is 0. The maximum absolute atomic E-state index is 4.17. The summed E-state index contributed by atoms with van der Waals surface area (Å²) in [6, 6.07) is 0. The van der Waals surface area contributed by atoms with E-state index in [1.54, 1.807) is 0 Å². The molecule has 56 valence electrons. The highest BCUT2D eigenvalue weighted by Crippen LogP contribution is 1.93. The van der Waals surface area contributed by atoms with Crippen LogP contribution in [0.2, 0.25) is 0 Å². The zero-order chi connectivity index (χ0) is 7.56. The highest BCUT2D eigenvalue weighted by Gasteiger charge is 1.99. The molecule has 3 N–H and O–H groups in total. The lowest BCUT2D eigenvalue weighted by Gasteiger charge is -1.95. The number of aromatic nitrogens is 3. The van der Waals surface area contributed by atoms with Crippen LogP contribution in [-0.2, 0) is 6.54 Å². The lowest BCUT2D eigenvalue weighted by molar-refractivity contribution is -0.370. The summed E-state index contributed by atoms with van der Waals surface area (Å²) in [5.74, 6) is 1.81. The van der Waals surface area contributed by atoms with Gasteiger partial charge < -0.3 is 5.73 Å². The third-order valence-electron chi connectivity index (χ3n) is 1.33. The monoisotopic (exact) mass is 141 g/mol. The third kappa shape index (κ3) is 1.33. The zero-order valence-corrected chi connectivity index (χ0v) is 6.46. The van der Waals surface area contributed by atoms with Crippen LogP contribution in [-0.4, -0.2) is 21.3 Å². The van der Waals surface area contributed by atoms with Gasteiger partial charge in [-0.2, -0.15) is 5.10 Å². The molecule has 10 heavy (non-hydrogen) atoms. The standard InChI is InChI=1S/C6H12N4/c1-5-8-6(2)10(9-5)4-3-7/h3-4,7H2,1-2H3/p+1. The number of hydrogen-bond acceptors (Lipinski definition) is 2. The molecule has 0 unspecified atom stereocenters. The maximum Gasteiger partial charge on any atom is 0.147 e. The molecule has 1 aromatic rings. The minimum atomic E-state index is 0.839. The van der Waals surface area contributed by atoms with E-state index in [9.17, 15) is 0 Å². The minimum absolute atomic E-state index is 0.839. The zero-order valence-electron chi connectivity index (χ0n) is 6.46. The van der Waals surface area contributed by atoms with Gasteiger partial charge in [0.15, 0.2) is 0 Å². The van der Waals surface area contributed by atoms with Crippen molar-refractivity contribution in [1.82, 2.24) is 14.8 Å². The predicted octanol–water partition coefficient (Wildman–Crippen LogP) is -0.863. The molecule has 0 aliphatic heterocycles. The Morgan fingerprint density at radius 1 is 1.50 bits per heavy atom. The summed E-state index contributed by atoms with van der Waals surface area (Å²) in [7, 11) is 0. The Hall–Kier alpha value is -0.900. The first kappa shape index (κ1) is 7.21. The van der Waals surface area contributed by atoms with Crippen LogP contribution in [0.1, 0.15) is 11.6 Å².